The Bertz CT molecular complexity index is 655. The van der Waals surface area contributed by atoms with Crippen LogP contribution in [0.2, 0.25) is 0 Å². The Morgan fingerprint density at radius 3 is 2.86 bits per heavy atom. The van der Waals surface area contributed by atoms with Gasteiger partial charge in [0.1, 0.15) is 0 Å². The molecule has 0 unspecified atom stereocenters. The van der Waals surface area contributed by atoms with Gasteiger partial charge >= 0.3 is 0 Å². The highest BCUT2D eigenvalue weighted by molar-refractivity contribution is 7.89. The lowest BCUT2D eigenvalue weighted by atomic mass is 10.3. The maximum absolute atomic E-state index is 12.2. The third kappa shape index (κ3) is 4.27. The van der Waals surface area contributed by atoms with Gasteiger partial charge in [0.25, 0.3) is 10.0 Å². The summed E-state index contributed by atoms with van der Waals surface area (Å²) in [5.74, 6) is 0. The molecule has 0 bridgehead atoms. The Balaban J connectivity index is 1.84. The first-order valence-corrected chi connectivity index (χ1v) is 8.20. The van der Waals surface area contributed by atoms with Gasteiger partial charge in [-0.1, -0.05) is 0 Å². The molecule has 0 saturated carbocycles. The lowest BCUT2D eigenvalue weighted by Crippen LogP contribution is -2.26. The average molecular weight is 309 g/mol. The molecule has 2 aromatic heterocycles. The molecule has 0 aliphatic rings. The summed E-state index contributed by atoms with van der Waals surface area (Å²) in [6, 6.07) is 3.37. The Morgan fingerprint density at radius 2 is 2.14 bits per heavy atom. The SMILES string of the molecule is CNc1cccnc1S(=O)(=O)NCCCCn1ccnc1. The summed E-state index contributed by atoms with van der Waals surface area (Å²) in [6.07, 6.45) is 8.45. The van der Waals surface area contributed by atoms with Crippen molar-refractivity contribution >= 4 is 15.7 Å². The third-order valence-corrected chi connectivity index (χ3v) is 4.41. The van der Waals surface area contributed by atoms with Gasteiger partial charge in [-0.3, -0.25) is 0 Å². The number of nitrogens with zero attached hydrogens (tertiary/aromatic N) is 3. The van der Waals surface area contributed by atoms with Crippen LogP contribution in [0, 0.1) is 0 Å². The summed E-state index contributed by atoms with van der Waals surface area (Å²) in [4.78, 5) is 7.89. The fourth-order valence-electron chi connectivity index (χ4n) is 1.91. The van der Waals surface area contributed by atoms with Crippen molar-refractivity contribution in [2.24, 2.45) is 0 Å². The third-order valence-electron chi connectivity index (χ3n) is 2.99. The molecular weight excluding hydrogens is 290 g/mol. The van der Waals surface area contributed by atoms with Crippen LogP contribution in [-0.4, -0.2) is 36.5 Å². The van der Waals surface area contributed by atoms with Gasteiger partial charge < -0.3 is 9.88 Å². The molecule has 7 nitrogen and oxygen atoms in total. The summed E-state index contributed by atoms with van der Waals surface area (Å²) in [7, 11) is -1.91. The van der Waals surface area contributed by atoms with Crippen molar-refractivity contribution in [3.8, 4) is 0 Å². The zero-order valence-electron chi connectivity index (χ0n) is 11.9. The quantitative estimate of drug-likeness (QED) is 0.712. The minimum atomic E-state index is -3.58. The van der Waals surface area contributed by atoms with Gasteiger partial charge in [0, 0.05) is 38.7 Å². The zero-order chi connectivity index (χ0) is 15.1. The van der Waals surface area contributed by atoms with E-state index in [4.69, 9.17) is 0 Å². The molecule has 2 rings (SSSR count). The van der Waals surface area contributed by atoms with Crippen molar-refractivity contribution < 1.29 is 8.42 Å². The number of aromatic nitrogens is 3. The van der Waals surface area contributed by atoms with E-state index in [-0.39, 0.29) is 5.03 Å². The molecule has 0 atom stereocenters. The van der Waals surface area contributed by atoms with Crippen LogP contribution in [0.5, 0.6) is 0 Å². The van der Waals surface area contributed by atoms with Gasteiger partial charge in [-0.05, 0) is 25.0 Å². The van der Waals surface area contributed by atoms with Gasteiger partial charge in [-0.15, -0.1) is 0 Å². The first-order chi connectivity index (χ1) is 10.1. The van der Waals surface area contributed by atoms with Gasteiger partial charge in [0.15, 0.2) is 5.03 Å². The Morgan fingerprint density at radius 1 is 1.29 bits per heavy atom. The lowest BCUT2D eigenvalue weighted by molar-refractivity contribution is 0.563. The number of unbranched alkanes of at least 4 members (excludes halogenated alkanes) is 1. The maximum atomic E-state index is 12.2. The minimum Gasteiger partial charge on any atom is -0.386 e. The van der Waals surface area contributed by atoms with Gasteiger partial charge in [-0.25, -0.2) is 23.1 Å². The highest BCUT2D eigenvalue weighted by atomic mass is 32.2. The van der Waals surface area contributed by atoms with Crippen LogP contribution in [0.15, 0.2) is 42.1 Å². The van der Waals surface area contributed by atoms with E-state index in [1.54, 1.807) is 31.7 Å². The average Bonchev–Trinajstić information content (AvgIpc) is 3.00. The Labute approximate surface area is 124 Å². The fraction of sp³-hybridized carbons (Fsp3) is 0.385. The minimum absolute atomic E-state index is 0.0297. The number of anilines is 1. The highest BCUT2D eigenvalue weighted by Gasteiger charge is 2.18. The topological polar surface area (TPSA) is 88.9 Å². The number of hydrogen-bond donors (Lipinski definition) is 2. The van der Waals surface area contributed by atoms with Crippen LogP contribution in [0.4, 0.5) is 5.69 Å². The van der Waals surface area contributed by atoms with Crippen LogP contribution in [0.3, 0.4) is 0 Å². The van der Waals surface area contributed by atoms with Gasteiger partial charge in [0.05, 0.1) is 12.0 Å². The predicted octanol–water partition coefficient (Wildman–Crippen LogP) is 1.08. The summed E-state index contributed by atoms with van der Waals surface area (Å²) in [5, 5.41) is 2.86. The second-order valence-corrected chi connectivity index (χ2v) is 6.19. The summed E-state index contributed by atoms with van der Waals surface area (Å²) >= 11 is 0. The summed E-state index contributed by atoms with van der Waals surface area (Å²) < 4.78 is 28.9. The van der Waals surface area contributed by atoms with E-state index in [1.807, 2.05) is 10.8 Å². The zero-order valence-corrected chi connectivity index (χ0v) is 12.7. The van der Waals surface area contributed by atoms with Crippen molar-refractivity contribution in [3.63, 3.8) is 0 Å². The number of pyridine rings is 1. The normalized spacial score (nSPS) is 11.5. The van der Waals surface area contributed by atoms with Crippen molar-refractivity contribution in [2.45, 2.75) is 24.4 Å². The van der Waals surface area contributed by atoms with Crippen molar-refractivity contribution in [1.82, 2.24) is 19.3 Å². The molecule has 0 spiro atoms. The number of sulfonamides is 1. The van der Waals surface area contributed by atoms with E-state index in [9.17, 15) is 8.42 Å². The molecule has 0 amide bonds. The summed E-state index contributed by atoms with van der Waals surface area (Å²) in [6.45, 7) is 1.21. The molecule has 0 aromatic carbocycles. The van der Waals surface area contributed by atoms with E-state index in [1.165, 1.54) is 6.20 Å². The molecule has 0 saturated heterocycles. The van der Waals surface area contributed by atoms with Gasteiger partial charge in [-0.2, -0.15) is 0 Å². The molecule has 2 aromatic rings. The van der Waals surface area contributed by atoms with Crippen LogP contribution < -0.4 is 10.0 Å². The number of imidazole rings is 1. The molecular formula is C13H19N5O2S. The van der Waals surface area contributed by atoms with E-state index in [0.29, 0.717) is 12.2 Å². The van der Waals surface area contributed by atoms with Crippen molar-refractivity contribution in [1.29, 1.82) is 0 Å². The second-order valence-electron chi connectivity index (χ2n) is 4.51. The first-order valence-electron chi connectivity index (χ1n) is 6.71. The number of rotatable bonds is 8. The molecule has 114 valence electrons. The lowest BCUT2D eigenvalue weighted by Gasteiger charge is -2.10. The molecule has 2 heterocycles. The Kier molecular flexibility index (Phi) is 5.29. The Hall–Kier alpha value is -1.93. The van der Waals surface area contributed by atoms with Crippen LogP contribution in [0.25, 0.3) is 0 Å². The molecule has 8 heteroatoms. The smallest absolute Gasteiger partial charge is 0.260 e. The molecule has 2 N–H and O–H groups in total. The summed E-state index contributed by atoms with van der Waals surface area (Å²) in [5.41, 5.74) is 0.489. The predicted molar refractivity (Wildman–Crippen MR) is 80.4 cm³/mol. The molecule has 0 radical (unpaired) electrons. The molecule has 0 aliphatic heterocycles. The maximum Gasteiger partial charge on any atom is 0.260 e. The molecule has 0 fully saturated rings. The molecule has 21 heavy (non-hydrogen) atoms. The largest absolute Gasteiger partial charge is 0.386 e. The van der Waals surface area contributed by atoms with E-state index in [0.717, 1.165) is 19.4 Å². The second kappa shape index (κ2) is 7.19. The van der Waals surface area contributed by atoms with Gasteiger partial charge in [0.2, 0.25) is 0 Å². The standard InChI is InChI=1S/C13H19N5O2S/c1-14-12-5-4-6-16-13(12)21(19,20)17-7-2-3-9-18-10-8-15-11-18/h4-6,8,10-11,14,17H,2-3,7,9H2,1H3. The van der Waals surface area contributed by atoms with E-state index >= 15 is 0 Å². The van der Waals surface area contributed by atoms with E-state index in [2.05, 4.69) is 20.0 Å². The fourth-order valence-corrected chi connectivity index (χ4v) is 3.12. The highest BCUT2D eigenvalue weighted by Crippen LogP contribution is 2.16. The number of nitrogens with one attached hydrogen (secondary N) is 2. The van der Waals surface area contributed by atoms with Crippen molar-refractivity contribution in [2.75, 3.05) is 18.9 Å². The number of aryl methyl sites for hydroxylation is 1. The van der Waals surface area contributed by atoms with Crippen LogP contribution in [0.1, 0.15) is 12.8 Å². The monoisotopic (exact) mass is 309 g/mol. The van der Waals surface area contributed by atoms with Crippen molar-refractivity contribution in [3.05, 3.63) is 37.1 Å². The first kappa shape index (κ1) is 15.5. The molecule has 0 aliphatic carbocycles. The van der Waals surface area contributed by atoms with Crippen LogP contribution in [-0.2, 0) is 16.6 Å². The van der Waals surface area contributed by atoms with Crippen LogP contribution >= 0.6 is 0 Å². The van der Waals surface area contributed by atoms with E-state index < -0.39 is 10.0 Å². The number of hydrogen-bond acceptors (Lipinski definition) is 5.